The Morgan fingerprint density at radius 3 is 2.61 bits per heavy atom. The van der Waals surface area contributed by atoms with Crippen LogP contribution in [0.25, 0.3) is 0 Å². The van der Waals surface area contributed by atoms with Crippen molar-refractivity contribution in [2.45, 2.75) is 44.9 Å². The van der Waals surface area contributed by atoms with E-state index in [1.807, 2.05) is 35.2 Å². The smallest absolute Gasteiger partial charge is 0.238 e. The first-order valence-corrected chi connectivity index (χ1v) is 11.0. The summed E-state index contributed by atoms with van der Waals surface area (Å²) >= 11 is 1.63. The predicted octanol–water partition coefficient (Wildman–Crippen LogP) is 5.21. The van der Waals surface area contributed by atoms with Gasteiger partial charge in [0.25, 0.3) is 0 Å². The van der Waals surface area contributed by atoms with Gasteiger partial charge in [-0.15, -0.1) is 11.8 Å². The molecule has 5 heteroatoms. The second-order valence-electron chi connectivity index (χ2n) is 7.79. The largest absolute Gasteiger partial charge is 0.326 e. The molecule has 2 fully saturated rings. The third-order valence-corrected chi connectivity index (χ3v) is 7.01. The van der Waals surface area contributed by atoms with Crippen LogP contribution in [0.4, 0.5) is 11.4 Å². The number of nitrogens with zero attached hydrogens (tertiary/aromatic N) is 1. The molecule has 146 valence electrons. The molecular formula is C23H26N2O2S. The van der Waals surface area contributed by atoms with Gasteiger partial charge < -0.3 is 5.32 Å². The van der Waals surface area contributed by atoms with Crippen LogP contribution in [0.5, 0.6) is 0 Å². The highest BCUT2D eigenvalue weighted by Crippen LogP contribution is 2.42. The van der Waals surface area contributed by atoms with E-state index in [1.54, 1.807) is 11.8 Å². The van der Waals surface area contributed by atoms with Gasteiger partial charge in [-0.1, -0.05) is 31.0 Å². The fourth-order valence-corrected chi connectivity index (χ4v) is 5.19. The molecule has 1 aliphatic carbocycles. The molecule has 28 heavy (non-hydrogen) atoms. The molecule has 1 N–H and O–H groups in total. The van der Waals surface area contributed by atoms with Gasteiger partial charge in [0.15, 0.2) is 0 Å². The maximum absolute atomic E-state index is 12.6. The molecule has 0 aromatic heterocycles. The van der Waals surface area contributed by atoms with Gasteiger partial charge in [0.2, 0.25) is 11.8 Å². The molecule has 1 heterocycles. The number of nitrogens with one attached hydrogen (secondary N) is 1. The van der Waals surface area contributed by atoms with Crippen molar-refractivity contribution in [2.24, 2.45) is 5.92 Å². The molecule has 2 aromatic rings. The number of hydrogen-bond acceptors (Lipinski definition) is 3. The van der Waals surface area contributed by atoms with E-state index < -0.39 is 0 Å². The van der Waals surface area contributed by atoms with Crippen LogP contribution in [0.3, 0.4) is 0 Å². The van der Waals surface area contributed by atoms with Crippen molar-refractivity contribution in [2.75, 3.05) is 16.0 Å². The Hall–Kier alpha value is -2.27. The lowest BCUT2D eigenvalue weighted by Crippen LogP contribution is -2.28. The summed E-state index contributed by atoms with van der Waals surface area (Å²) in [5, 5.41) is 3.01. The van der Waals surface area contributed by atoms with E-state index in [2.05, 4.69) is 31.3 Å². The molecule has 2 aliphatic rings. The average Bonchev–Trinajstić information content (AvgIpc) is 3.34. The molecule has 0 radical (unpaired) electrons. The minimum Gasteiger partial charge on any atom is -0.326 e. The fraction of sp³-hybridized carbons (Fsp3) is 0.391. The topological polar surface area (TPSA) is 49.4 Å². The molecule has 1 aliphatic heterocycles. The number of aryl methyl sites for hydroxylation is 2. The predicted molar refractivity (Wildman–Crippen MR) is 116 cm³/mol. The van der Waals surface area contributed by atoms with Gasteiger partial charge in [-0.25, -0.2) is 0 Å². The third-order valence-electron chi connectivity index (χ3n) is 5.80. The maximum atomic E-state index is 12.6. The maximum Gasteiger partial charge on any atom is 0.238 e. The Kier molecular flexibility index (Phi) is 5.44. The summed E-state index contributed by atoms with van der Waals surface area (Å²) in [7, 11) is 0. The molecule has 2 aromatic carbocycles. The number of carbonyl (C=O) groups is 2. The van der Waals surface area contributed by atoms with Crippen LogP contribution < -0.4 is 10.2 Å². The Morgan fingerprint density at radius 1 is 1.07 bits per heavy atom. The fourth-order valence-electron chi connectivity index (χ4n) is 4.03. The van der Waals surface area contributed by atoms with Crippen LogP contribution in [-0.2, 0) is 9.59 Å². The molecule has 2 amide bonds. The summed E-state index contributed by atoms with van der Waals surface area (Å²) < 4.78 is 0. The van der Waals surface area contributed by atoms with E-state index in [1.165, 1.54) is 11.1 Å². The number of hydrogen-bond donors (Lipinski definition) is 1. The molecule has 1 atom stereocenters. The van der Waals surface area contributed by atoms with Crippen LogP contribution in [0.2, 0.25) is 0 Å². The summed E-state index contributed by atoms with van der Waals surface area (Å²) in [5.41, 5.74) is 5.19. The molecule has 1 saturated carbocycles. The average molecular weight is 395 g/mol. The van der Waals surface area contributed by atoms with Crippen LogP contribution >= 0.6 is 11.8 Å². The molecular weight excluding hydrogens is 368 g/mol. The van der Waals surface area contributed by atoms with Gasteiger partial charge in [0.1, 0.15) is 5.37 Å². The minimum absolute atomic E-state index is 0.0714. The van der Waals surface area contributed by atoms with E-state index >= 15 is 0 Å². The zero-order valence-electron chi connectivity index (χ0n) is 16.4. The quantitative estimate of drug-likeness (QED) is 0.774. The Balaban J connectivity index is 1.57. The Labute approximate surface area is 170 Å². The second kappa shape index (κ2) is 8.00. The third kappa shape index (κ3) is 3.81. The van der Waals surface area contributed by atoms with Gasteiger partial charge in [-0.3, -0.25) is 14.5 Å². The summed E-state index contributed by atoms with van der Waals surface area (Å²) in [6.45, 7) is 4.15. The van der Waals surface area contributed by atoms with Gasteiger partial charge in [-0.05, 0) is 67.6 Å². The van der Waals surface area contributed by atoms with Crippen molar-refractivity contribution >= 4 is 35.0 Å². The Bertz CT molecular complexity index is 905. The summed E-state index contributed by atoms with van der Waals surface area (Å²) in [5.74, 6) is 0.851. The molecule has 0 spiro atoms. The molecule has 4 rings (SSSR count). The van der Waals surface area contributed by atoms with Gasteiger partial charge in [-0.2, -0.15) is 0 Å². The minimum atomic E-state index is -0.0714. The molecule has 0 unspecified atom stereocenters. The highest BCUT2D eigenvalue weighted by molar-refractivity contribution is 8.00. The normalized spacial score (nSPS) is 20.0. The van der Waals surface area contributed by atoms with E-state index in [0.29, 0.717) is 5.75 Å². The van der Waals surface area contributed by atoms with Crippen molar-refractivity contribution in [1.29, 1.82) is 0 Å². The van der Waals surface area contributed by atoms with Crippen LogP contribution in [-0.4, -0.2) is 17.6 Å². The first-order valence-electron chi connectivity index (χ1n) is 9.94. The molecule has 1 saturated heterocycles. The lowest BCUT2D eigenvalue weighted by Gasteiger charge is -2.25. The van der Waals surface area contributed by atoms with Crippen LogP contribution in [0.15, 0.2) is 42.5 Å². The van der Waals surface area contributed by atoms with Crippen LogP contribution in [0.1, 0.15) is 47.7 Å². The first-order chi connectivity index (χ1) is 13.5. The van der Waals surface area contributed by atoms with E-state index in [0.717, 1.165) is 42.6 Å². The van der Waals surface area contributed by atoms with Crippen LogP contribution in [0, 0.1) is 19.8 Å². The number of anilines is 2. The number of benzene rings is 2. The Morgan fingerprint density at radius 2 is 1.86 bits per heavy atom. The highest BCUT2D eigenvalue weighted by Gasteiger charge is 2.34. The van der Waals surface area contributed by atoms with Gasteiger partial charge in [0.05, 0.1) is 5.75 Å². The second-order valence-corrected chi connectivity index (χ2v) is 8.86. The van der Waals surface area contributed by atoms with E-state index in [-0.39, 0.29) is 23.1 Å². The summed E-state index contributed by atoms with van der Waals surface area (Å²) in [6, 6.07) is 14.1. The van der Waals surface area contributed by atoms with E-state index in [9.17, 15) is 9.59 Å². The van der Waals surface area contributed by atoms with Crippen molar-refractivity contribution in [3.05, 3.63) is 59.2 Å². The first kappa shape index (κ1) is 19.1. The number of carbonyl (C=O) groups excluding carboxylic acids is 2. The number of amides is 2. The zero-order valence-corrected chi connectivity index (χ0v) is 17.2. The number of rotatable bonds is 4. The molecule has 0 bridgehead atoms. The monoisotopic (exact) mass is 394 g/mol. The standard InChI is InChI=1S/C23H26N2O2S/c1-15-10-11-20(12-16(15)2)25-21(26)14-28-23(25)18-8-5-9-19(13-18)24-22(27)17-6-3-4-7-17/h5,8-13,17,23H,3-4,6-7,14H2,1-2H3,(H,24,27)/t23-/m0/s1. The SMILES string of the molecule is Cc1ccc(N2C(=O)CS[C@H]2c2cccc(NC(=O)C3CCCC3)c2)cc1C. The lowest BCUT2D eigenvalue weighted by molar-refractivity contribution is -0.119. The lowest BCUT2D eigenvalue weighted by atomic mass is 10.1. The van der Waals surface area contributed by atoms with Gasteiger partial charge >= 0.3 is 0 Å². The zero-order chi connectivity index (χ0) is 19.7. The van der Waals surface area contributed by atoms with Crippen molar-refractivity contribution in [1.82, 2.24) is 0 Å². The highest BCUT2D eigenvalue weighted by atomic mass is 32.2. The summed E-state index contributed by atoms with van der Waals surface area (Å²) in [6.07, 6.45) is 4.26. The van der Waals surface area contributed by atoms with Gasteiger partial charge in [0, 0.05) is 17.3 Å². The summed E-state index contributed by atoms with van der Waals surface area (Å²) in [4.78, 5) is 27.0. The van der Waals surface area contributed by atoms with E-state index in [4.69, 9.17) is 0 Å². The van der Waals surface area contributed by atoms with Crippen molar-refractivity contribution in [3.63, 3.8) is 0 Å². The molecule has 4 nitrogen and oxygen atoms in total. The van der Waals surface area contributed by atoms with Crippen molar-refractivity contribution in [3.8, 4) is 0 Å². The number of thioether (sulfide) groups is 1. The van der Waals surface area contributed by atoms with Crippen molar-refractivity contribution < 1.29 is 9.59 Å².